The van der Waals surface area contributed by atoms with E-state index in [0.29, 0.717) is 12.0 Å². The molecule has 1 aromatic heterocycles. The fourth-order valence-corrected chi connectivity index (χ4v) is 5.35. The van der Waals surface area contributed by atoms with Gasteiger partial charge in [0.15, 0.2) is 0 Å². The molecule has 1 aliphatic carbocycles. The molecule has 1 saturated carbocycles. The Labute approximate surface area is 146 Å². The third-order valence-electron chi connectivity index (χ3n) is 5.61. The molecule has 0 spiro atoms. The summed E-state index contributed by atoms with van der Waals surface area (Å²) in [6.07, 6.45) is 5.69. The first-order valence-corrected chi connectivity index (χ1v) is 9.72. The molecule has 3 nitrogen and oxygen atoms in total. The minimum Gasteiger partial charge on any atom is -0.480 e. The van der Waals surface area contributed by atoms with Crippen LogP contribution in [0.5, 0.6) is 0 Å². The molecule has 3 atom stereocenters. The second kappa shape index (κ2) is 6.69. The zero-order valence-corrected chi connectivity index (χ0v) is 14.5. The summed E-state index contributed by atoms with van der Waals surface area (Å²) in [5.74, 6) is -0.0716. The maximum atomic E-state index is 11.7. The molecular formula is C20H23NO2S. The van der Waals surface area contributed by atoms with E-state index in [0.717, 1.165) is 19.4 Å². The van der Waals surface area contributed by atoms with Crippen LogP contribution in [0.2, 0.25) is 0 Å². The van der Waals surface area contributed by atoms with Gasteiger partial charge in [-0.2, -0.15) is 0 Å². The molecule has 0 radical (unpaired) electrons. The third kappa shape index (κ3) is 3.01. The predicted molar refractivity (Wildman–Crippen MR) is 97.1 cm³/mol. The van der Waals surface area contributed by atoms with E-state index in [-0.39, 0.29) is 6.04 Å². The van der Waals surface area contributed by atoms with Gasteiger partial charge in [0, 0.05) is 17.5 Å². The number of nitrogens with zero attached hydrogens (tertiary/aromatic N) is 1. The first-order valence-electron chi connectivity index (χ1n) is 8.84. The lowest BCUT2D eigenvalue weighted by molar-refractivity contribution is -0.142. The lowest BCUT2D eigenvalue weighted by Gasteiger charge is -2.32. The molecular weight excluding hydrogens is 318 g/mol. The van der Waals surface area contributed by atoms with E-state index in [4.69, 9.17) is 0 Å². The van der Waals surface area contributed by atoms with Gasteiger partial charge in [-0.25, -0.2) is 0 Å². The van der Waals surface area contributed by atoms with Crippen molar-refractivity contribution in [1.82, 2.24) is 4.90 Å². The van der Waals surface area contributed by atoms with Crippen LogP contribution in [-0.4, -0.2) is 28.1 Å². The minimum atomic E-state index is -0.649. The summed E-state index contributed by atoms with van der Waals surface area (Å²) in [6, 6.07) is 12.8. The van der Waals surface area contributed by atoms with Crippen LogP contribution in [0.15, 0.2) is 41.8 Å². The van der Waals surface area contributed by atoms with Gasteiger partial charge < -0.3 is 5.11 Å². The number of hydrogen-bond acceptors (Lipinski definition) is 3. The molecule has 2 aliphatic rings. The first-order chi connectivity index (χ1) is 11.7. The SMILES string of the molecule is O=C(O)C1CC2CCCCC2N1Cc1cc(-c2ccccc2)cs1. The average molecular weight is 341 g/mol. The van der Waals surface area contributed by atoms with E-state index in [1.54, 1.807) is 11.3 Å². The van der Waals surface area contributed by atoms with Crippen molar-refractivity contribution >= 4 is 17.3 Å². The lowest BCUT2D eigenvalue weighted by Crippen LogP contribution is -2.41. The van der Waals surface area contributed by atoms with Crippen molar-refractivity contribution in [3.8, 4) is 11.1 Å². The number of hydrogen-bond donors (Lipinski definition) is 1. The molecule has 1 saturated heterocycles. The van der Waals surface area contributed by atoms with Crippen LogP contribution in [0.25, 0.3) is 11.1 Å². The second-order valence-electron chi connectivity index (χ2n) is 7.04. The smallest absolute Gasteiger partial charge is 0.320 e. The fraction of sp³-hybridized carbons (Fsp3) is 0.450. The highest BCUT2D eigenvalue weighted by Crippen LogP contribution is 2.41. The van der Waals surface area contributed by atoms with Crippen LogP contribution in [-0.2, 0) is 11.3 Å². The van der Waals surface area contributed by atoms with E-state index >= 15 is 0 Å². The molecule has 1 aromatic carbocycles. The maximum Gasteiger partial charge on any atom is 0.320 e. The van der Waals surface area contributed by atoms with Gasteiger partial charge in [0.2, 0.25) is 0 Å². The van der Waals surface area contributed by atoms with Gasteiger partial charge in [0.1, 0.15) is 6.04 Å². The summed E-state index contributed by atoms with van der Waals surface area (Å²) < 4.78 is 0. The zero-order chi connectivity index (χ0) is 16.5. The molecule has 0 bridgehead atoms. The van der Waals surface area contributed by atoms with E-state index < -0.39 is 5.97 Å². The summed E-state index contributed by atoms with van der Waals surface area (Å²) in [4.78, 5) is 15.3. The monoisotopic (exact) mass is 341 g/mol. The van der Waals surface area contributed by atoms with Gasteiger partial charge in [-0.3, -0.25) is 9.69 Å². The molecule has 4 rings (SSSR count). The number of thiophene rings is 1. The van der Waals surface area contributed by atoms with Crippen molar-refractivity contribution in [2.75, 3.05) is 0 Å². The van der Waals surface area contributed by atoms with Gasteiger partial charge in [0.25, 0.3) is 0 Å². The molecule has 1 aliphatic heterocycles. The number of fused-ring (bicyclic) bond motifs is 1. The Morgan fingerprint density at radius 3 is 2.75 bits per heavy atom. The molecule has 2 aromatic rings. The first kappa shape index (κ1) is 15.9. The van der Waals surface area contributed by atoms with Gasteiger partial charge in [-0.15, -0.1) is 11.3 Å². The zero-order valence-electron chi connectivity index (χ0n) is 13.7. The normalized spacial score (nSPS) is 27.1. The molecule has 126 valence electrons. The summed E-state index contributed by atoms with van der Waals surface area (Å²) >= 11 is 1.75. The Bertz CT molecular complexity index is 711. The van der Waals surface area contributed by atoms with E-state index in [2.05, 4.69) is 40.6 Å². The lowest BCUT2D eigenvalue weighted by atomic mass is 9.85. The number of likely N-dealkylation sites (tertiary alicyclic amines) is 1. The van der Waals surface area contributed by atoms with Crippen LogP contribution in [0.1, 0.15) is 37.0 Å². The number of carboxylic acid groups (broad SMARTS) is 1. The standard InChI is InChI=1S/C20H23NO2S/c22-20(23)19-11-15-8-4-5-9-18(15)21(19)12-17-10-16(13-24-17)14-6-2-1-3-7-14/h1-3,6-7,10,13,15,18-19H,4-5,8-9,11-12H2,(H,22,23). The summed E-state index contributed by atoms with van der Waals surface area (Å²) in [5.41, 5.74) is 2.47. The van der Waals surface area contributed by atoms with Crippen LogP contribution in [0.4, 0.5) is 0 Å². The van der Waals surface area contributed by atoms with Crippen LogP contribution >= 0.6 is 11.3 Å². The maximum absolute atomic E-state index is 11.7. The van der Waals surface area contributed by atoms with Crippen LogP contribution in [0, 0.1) is 5.92 Å². The van der Waals surface area contributed by atoms with Gasteiger partial charge >= 0.3 is 5.97 Å². The highest BCUT2D eigenvalue weighted by atomic mass is 32.1. The highest BCUT2D eigenvalue weighted by Gasteiger charge is 2.45. The topological polar surface area (TPSA) is 40.5 Å². The molecule has 1 N–H and O–H groups in total. The molecule has 0 amide bonds. The molecule has 2 heterocycles. The van der Waals surface area contributed by atoms with Crippen molar-refractivity contribution in [3.63, 3.8) is 0 Å². The molecule has 4 heteroatoms. The quantitative estimate of drug-likeness (QED) is 0.881. The Kier molecular flexibility index (Phi) is 4.42. The summed E-state index contributed by atoms with van der Waals surface area (Å²) in [5, 5.41) is 11.8. The Morgan fingerprint density at radius 2 is 1.96 bits per heavy atom. The van der Waals surface area contributed by atoms with E-state index in [1.807, 2.05) is 6.07 Å². The minimum absolute atomic E-state index is 0.305. The number of rotatable bonds is 4. The van der Waals surface area contributed by atoms with Gasteiger partial charge in [-0.05, 0) is 47.8 Å². The number of aliphatic carboxylic acids is 1. The molecule has 2 fully saturated rings. The molecule has 3 unspecified atom stereocenters. The molecule has 24 heavy (non-hydrogen) atoms. The summed E-state index contributed by atoms with van der Waals surface area (Å²) in [6.45, 7) is 0.773. The number of carbonyl (C=O) groups is 1. The summed E-state index contributed by atoms with van der Waals surface area (Å²) in [7, 11) is 0. The van der Waals surface area contributed by atoms with Crippen molar-refractivity contribution in [3.05, 3.63) is 46.7 Å². The van der Waals surface area contributed by atoms with Crippen LogP contribution < -0.4 is 0 Å². The van der Waals surface area contributed by atoms with Crippen molar-refractivity contribution in [2.24, 2.45) is 5.92 Å². The van der Waals surface area contributed by atoms with E-state index in [1.165, 1.54) is 35.3 Å². The second-order valence-corrected chi connectivity index (χ2v) is 8.04. The largest absolute Gasteiger partial charge is 0.480 e. The Balaban J connectivity index is 1.55. The number of carboxylic acids is 1. The van der Waals surface area contributed by atoms with Crippen molar-refractivity contribution < 1.29 is 9.90 Å². The van der Waals surface area contributed by atoms with Gasteiger partial charge in [0.05, 0.1) is 0 Å². The van der Waals surface area contributed by atoms with Crippen LogP contribution in [0.3, 0.4) is 0 Å². The van der Waals surface area contributed by atoms with E-state index in [9.17, 15) is 9.90 Å². The highest BCUT2D eigenvalue weighted by molar-refractivity contribution is 7.10. The van der Waals surface area contributed by atoms with Crippen molar-refractivity contribution in [2.45, 2.75) is 50.7 Å². The Hall–Kier alpha value is -1.65. The number of benzene rings is 1. The fourth-order valence-electron chi connectivity index (χ4n) is 4.45. The average Bonchev–Trinajstić information content (AvgIpc) is 3.21. The van der Waals surface area contributed by atoms with Gasteiger partial charge in [-0.1, -0.05) is 43.2 Å². The Morgan fingerprint density at radius 1 is 1.17 bits per heavy atom. The predicted octanol–water partition coefficient (Wildman–Crippen LogP) is 4.63. The van der Waals surface area contributed by atoms with Crippen molar-refractivity contribution in [1.29, 1.82) is 0 Å². The third-order valence-corrected chi connectivity index (χ3v) is 6.53.